The van der Waals surface area contributed by atoms with Crippen molar-refractivity contribution in [1.29, 1.82) is 0 Å². The van der Waals surface area contributed by atoms with E-state index in [0.717, 1.165) is 0 Å². The van der Waals surface area contributed by atoms with Crippen molar-refractivity contribution in [1.82, 2.24) is 0 Å². The molecule has 1 aliphatic heterocycles. The molecule has 0 saturated carbocycles. The molecular formula is C14H16O7. The van der Waals surface area contributed by atoms with Gasteiger partial charge in [-0.3, -0.25) is 0 Å². The van der Waals surface area contributed by atoms with Crippen molar-refractivity contribution in [3.05, 3.63) is 47.4 Å². The molecule has 4 N–H and O–H groups in total. The van der Waals surface area contributed by atoms with Crippen LogP contribution < -0.4 is 0 Å². The maximum absolute atomic E-state index is 11.3. The summed E-state index contributed by atoms with van der Waals surface area (Å²) < 4.78 is 9.90. The van der Waals surface area contributed by atoms with E-state index in [-0.39, 0.29) is 12.4 Å². The molecule has 1 heterocycles. The Hall–Kier alpha value is -2.09. The van der Waals surface area contributed by atoms with Crippen LogP contribution in [0.15, 0.2) is 41.9 Å². The highest BCUT2D eigenvalue weighted by molar-refractivity contribution is 5.89. The van der Waals surface area contributed by atoms with Crippen molar-refractivity contribution in [2.45, 2.75) is 18.3 Å². The lowest BCUT2D eigenvalue weighted by Crippen LogP contribution is -2.32. The van der Waals surface area contributed by atoms with Crippen LogP contribution in [-0.4, -0.2) is 51.8 Å². The van der Waals surface area contributed by atoms with Crippen LogP contribution in [0.1, 0.15) is 11.7 Å². The Balaban J connectivity index is 2.05. The number of benzene rings is 1. The normalized spacial score (nSPS) is 21.1. The Labute approximate surface area is 120 Å². The van der Waals surface area contributed by atoms with Crippen LogP contribution in [0.4, 0.5) is 0 Å². The van der Waals surface area contributed by atoms with Gasteiger partial charge in [0, 0.05) is 0 Å². The fraction of sp³-hybridized carbons (Fsp3) is 0.357. The summed E-state index contributed by atoms with van der Waals surface area (Å²) in [6.45, 7) is -0.909. The van der Waals surface area contributed by atoms with Crippen LogP contribution in [0.5, 0.6) is 0 Å². The maximum atomic E-state index is 11.3. The van der Waals surface area contributed by atoms with E-state index in [1.807, 2.05) is 0 Å². The number of aliphatic hydroxyl groups is 4. The third-order valence-corrected chi connectivity index (χ3v) is 3.04. The van der Waals surface area contributed by atoms with E-state index < -0.39 is 36.6 Å². The molecule has 114 valence electrons. The molecule has 0 aliphatic carbocycles. The van der Waals surface area contributed by atoms with Gasteiger partial charge < -0.3 is 29.9 Å². The fourth-order valence-electron chi connectivity index (χ4n) is 1.90. The fourth-order valence-corrected chi connectivity index (χ4v) is 1.90. The smallest absolute Gasteiger partial charge is 0.378 e. The van der Waals surface area contributed by atoms with Crippen LogP contribution in [0, 0.1) is 0 Å². The number of carbonyl (C=O) groups excluding carboxylic acids is 1. The van der Waals surface area contributed by atoms with Gasteiger partial charge in [0.15, 0.2) is 11.9 Å². The SMILES string of the molecule is O=C1O[C@H]([C@@H](O)CO)C(OCC(O)c2ccccc2)=C1O. The van der Waals surface area contributed by atoms with Gasteiger partial charge in [0.1, 0.15) is 18.8 Å². The largest absolute Gasteiger partial charge is 0.499 e. The summed E-state index contributed by atoms with van der Waals surface area (Å²) in [4.78, 5) is 11.3. The van der Waals surface area contributed by atoms with E-state index in [4.69, 9.17) is 14.6 Å². The minimum atomic E-state index is -1.41. The highest BCUT2D eigenvalue weighted by Gasteiger charge is 2.40. The summed E-state index contributed by atoms with van der Waals surface area (Å²) in [5.41, 5.74) is 0.599. The van der Waals surface area contributed by atoms with Gasteiger partial charge in [0.2, 0.25) is 5.76 Å². The van der Waals surface area contributed by atoms with E-state index in [9.17, 15) is 20.1 Å². The molecule has 0 spiro atoms. The van der Waals surface area contributed by atoms with Gasteiger partial charge in [0.05, 0.1) is 6.61 Å². The summed E-state index contributed by atoms with van der Waals surface area (Å²) in [7, 11) is 0. The van der Waals surface area contributed by atoms with Crippen LogP contribution in [0.3, 0.4) is 0 Å². The molecule has 0 aromatic heterocycles. The van der Waals surface area contributed by atoms with Gasteiger partial charge in [0.25, 0.3) is 0 Å². The number of esters is 1. The Bertz CT molecular complexity index is 525. The predicted octanol–water partition coefficient (Wildman–Crippen LogP) is -0.215. The predicted molar refractivity (Wildman–Crippen MR) is 70.0 cm³/mol. The third kappa shape index (κ3) is 3.33. The molecule has 0 bridgehead atoms. The number of rotatable bonds is 6. The Morgan fingerprint density at radius 1 is 1.24 bits per heavy atom. The Morgan fingerprint density at radius 2 is 1.90 bits per heavy atom. The van der Waals surface area contributed by atoms with Crippen LogP contribution in [0.2, 0.25) is 0 Å². The molecule has 7 heteroatoms. The lowest BCUT2D eigenvalue weighted by atomic mass is 10.1. The zero-order chi connectivity index (χ0) is 15.4. The molecule has 0 radical (unpaired) electrons. The zero-order valence-corrected chi connectivity index (χ0v) is 11.0. The average Bonchev–Trinajstić information content (AvgIpc) is 2.80. The molecular weight excluding hydrogens is 280 g/mol. The van der Waals surface area contributed by atoms with Crippen molar-refractivity contribution in [3.63, 3.8) is 0 Å². The Morgan fingerprint density at radius 3 is 2.52 bits per heavy atom. The summed E-state index contributed by atoms with van der Waals surface area (Å²) in [5, 5.41) is 37.9. The van der Waals surface area contributed by atoms with E-state index in [1.54, 1.807) is 30.3 Å². The molecule has 1 aromatic rings. The summed E-state index contributed by atoms with van der Waals surface area (Å²) in [6, 6.07) is 8.67. The molecule has 0 amide bonds. The molecule has 1 unspecified atom stereocenters. The monoisotopic (exact) mass is 296 g/mol. The van der Waals surface area contributed by atoms with E-state index in [2.05, 4.69) is 0 Å². The summed E-state index contributed by atoms with van der Waals surface area (Å²) >= 11 is 0. The van der Waals surface area contributed by atoms with Crippen molar-refractivity contribution in [3.8, 4) is 0 Å². The maximum Gasteiger partial charge on any atom is 0.378 e. The minimum Gasteiger partial charge on any atom is -0.499 e. The van der Waals surface area contributed by atoms with Gasteiger partial charge in [-0.1, -0.05) is 30.3 Å². The number of ether oxygens (including phenoxy) is 2. The van der Waals surface area contributed by atoms with Gasteiger partial charge >= 0.3 is 5.97 Å². The second-order valence-electron chi connectivity index (χ2n) is 4.53. The molecule has 0 saturated heterocycles. The van der Waals surface area contributed by atoms with Crippen molar-refractivity contribution in [2.24, 2.45) is 0 Å². The first-order valence-corrected chi connectivity index (χ1v) is 6.33. The van der Waals surface area contributed by atoms with E-state index in [1.165, 1.54) is 0 Å². The number of hydrogen-bond acceptors (Lipinski definition) is 7. The van der Waals surface area contributed by atoms with Gasteiger partial charge in [-0.15, -0.1) is 0 Å². The summed E-state index contributed by atoms with van der Waals surface area (Å²) in [5.74, 6) is -2.11. The van der Waals surface area contributed by atoms with Gasteiger partial charge in [-0.25, -0.2) is 4.79 Å². The third-order valence-electron chi connectivity index (χ3n) is 3.04. The molecule has 7 nitrogen and oxygen atoms in total. The first-order chi connectivity index (χ1) is 10.0. The number of cyclic esters (lactones) is 1. The second-order valence-corrected chi connectivity index (χ2v) is 4.53. The van der Waals surface area contributed by atoms with Crippen molar-refractivity contribution >= 4 is 5.97 Å². The molecule has 2 rings (SSSR count). The topological polar surface area (TPSA) is 116 Å². The first kappa shape index (κ1) is 15.3. The zero-order valence-electron chi connectivity index (χ0n) is 11.0. The lowest BCUT2D eigenvalue weighted by molar-refractivity contribution is -0.148. The standard InChI is InChI=1S/C14H16O7/c15-6-9(16)12-13(11(18)14(19)21-12)20-7-10(17)8-4-2-1-3-5-8/h1-5,9-10,12,15-18H,6-7H2/t9-,10?,12+/m0/s1. The molecule has 3 atom stereocenters. The van der Waals surface area contributed by atoms with Gasteiger partial charge in [-0.05, 0) is 5.56 Å². The van der Waals surface area contributed by atoms with E-state index in [0.29, 0.717) is 5.56 Å². The second kappa shape index (κ2) is 6.57. The van der Waals surface area contributed by atoms with E-state index >= 15 is 0 Å². The molecule has 1 aliphatic rings. The molecule has 0 fully saturated rings. The average molecular weight is 296 g/mol. The lowest BCUT2D eigenvalue weighted by Gasteiger charge is -2.19. The highest BCUT2D eigenvalue weighted by atomic mass is 16.6. The van der Waals surface area contributed by atoms with Crippen LogP contribution in [0.25, 0.3) is 0 Å². The minimum absolute atomic E-state index is 0.241. The molecule has 21 heavy (non-hydrogen) atoms. The highest BCUT2D eigenvalue weighted by Crippen LogP contribution is 2.26. The Kier molecular flexibility index (Phi) is 4.79. The number of hydrogen-bond donors (Lipinski definition) is 4. The van der Waals surface area contributed by atoms with Crippen molar-refractivity contribution in [2.75, 3.05) is 13.2 Å². The van der Waals surface area contributed by atoms with Crippen molar-refractivity contribution < 1.29 is 34.7 Å². The number of carbonyl (C=O) groups is 1. The quantitative estimate of drug-likeness (QED) is 0.536. The number of aliphatic hydroxyl groups excluding tert-OH is 4. The molecule has 1 aromatic carbocycles. The first-order valence-electron chi connectivity index (χ1n) is 6.33. The summed E-state index contributed by atoms with van der Waals surface area (Å²) in [6.07, 6.45) is -3.68. The van der Waals surface area contributed by atoms with Crippen LogP contribution >= 0.6 is 0 Å². The van der Waals surface area contributed by atoms with Gasteiger partial charge in [-0.2, -0.15) is 0 Å². The van der Waals surface area contributed by atoms with Crippen LogP contribution in [-0.2, 0) is 14.3 Å².